The lowest BCUT2D eigenvalue weighted by atomic mass is 10.1. The largest absolute Gasteiger partial charge is 0.486 e. The summed E-state index contributed by atoms with van der Waals surface area (Å²) in [5, 5.41) is 4.89. The van der Waals surface area contributed by atoms with Gasteiger partial charge in [0.15, 0.2) is 0 Å². The third kappa shape index (κ3) is 6.74. The van der Waals surface area contributed by atoms with Gasteiger partial charge in [0.05, 0.1) is 36.4 Å². The Kier molecular flexibility index (Phi) is 8.40. The average Bonchev–Trinajstić information content (AvgIpc) is 3.69. The fourth-order valence-corrected chi connectivity index (χ4v) is 6.35. The zero-order valence-corrected chi connectivity index (χ0v) is 24.7. The highest BCUT2D eigenvalue weighted by atomic mass is 35.5. The minimum absolute atomic E-state index is 0.0508. The van der Waals surface area contributed by atoms with Crippen molar-refractivity contribution in [2.24, 2.45) is 5.41 Å². The molecule has 2 aliphatic rings. The number of piperazine rings is 1. The molecule has 1 saturated carbocycles. The van der Waals surface area contributed by atoms with E-state index in [4.69, 9.17) is 21.1 Å². The minimum atomic E-state index is -3.61. The molecule has 0 N–H and O–H groups in total. The van der Waals surface area contributed by atoms with E-state index >= 15 is 0 Å². The molecule has 0 radical (unpaired) electrons. The number of hydrogen-bond donors (Lipinski definition) is 0. The number of hydrogen-bond acceptors (Lipinski definition) is 8. The molecule has 1 saturated heterocycles. The van der Waals surface area contributed by atoms with Gasteiger partial charge in [-0.2, -0.15) is 14.1 Å². The molecule has 2 aromatic carbocycles. The Hall–Kier alpha value is -3.41. The van der Waals surface area contributed by atoms with Crippen LogP contribution in [0.5, 0.6) is 5.75 Å². The van der Waals surface area contributed by atoms with Crippen LogP contribution in [0, 0.1) is 5.41 Å². The van der Waals surface area contributed by atoms with E-state index in [0.717, 1.165) is 12.8 Å². The van der Waals surface area contributed by atoms with Crippen molar-refractivity contribution in [2.45, 2.75) is 32.4 Å². The fourth-order valence-electron chi connectivity index (χ4n) is 4.65. The molecule has 1 aliphatic carbocycles. The number of esters is 1. The number of sulfonamides is 1. The normalized spacial score (nSPS) is 16.8. The van der Waals surface area contributed by atoms with Gasteiger partial charge in [-0.25, -0.2) is 13.2 Å². The standard InChI is InChI=1S/C29H33ClN4O6S/c1-3-39-28(36)22-9-7-21(8-10-22)19-41(37,38)33-15-13-32(14-16-33)25-18-31-34(24-6-4-5-23(30)17-24)27(35)26(25)40-20-29(2)11-12-29/h4-10,17-18H,3,11-16,19-20H2,1-2H3. The maximum atomic E-state index is 13.6. The van der Waals surface area contributed by atoms with Gasteiger partial charge >= 0.3 is 11.5 Å². The summed E-state index contributed by atoms with van der Waals surface area (Å²) in [6, 6.07) is 13.3. The van der Waals surface area contributed by atoms with Gasteiger partial charge in [0.1, 0.15) is 5.69 Å². The van der Waals surface area contributed by atoms with Crippen molar-refractivity contribution in [3.8, 4) is 11.4 Å². The zero-order chi connectivity index (χ0) is 29.2. The van der Waals surface area contributed by atoms with Crippen LogP contribution in [0.4, 0.5) is 5.69 Å². The van der Waals surface area contributed by atoms with Gasteiger partial charge in [0, 0.05) is 36.6 Å². The third-order valence-electron chi connectivity index (χ3n) is 7.42. The topological polar surface area (TPSA) is 111 Å². The molecule has 5 rings (SSSR count). The maximum absolute atomic E-state index is 13.6. The van der Waals surface area contributed by atoms with Gasteiger partial charge in [-0.1, -0.05) is 36.7 Å². The second-order valence-corrected chi connectivity index (χ2v) is 13.1. The zero-order valence-electron chi connectivity index (χ0n) is 23.1. The van der Waals surface area contributed by atoms with Crippen LogP contribution in [0.1, 0.15) is 42.6 Å². The number of halogens is 1. The third-order valence-corrected chi connectivity index (χ3v) is 9.51. The van der Waals surface area contributed by atoms with Crippen molar-refractivity contribution >= 4 is 33.3 Å². The molecule has 1 aromatic heterocycles. The molecular formula is C29H33ClN4O6S. The summed E-state index contributed by atoms with van der Waals surface area (Å²) in [5.74, 6) is -0.422. The summed E-state index contributed by atoms with van der Waals surface area (Å²) in [5.41, 5.74) is 1.69. The van der Waals surface area contributed by atoms with Crippen molar-refractivity contribution in [3.63, 3.8) is 0 Å². The van der Waals surface area contributed by atoms with Crippen molar-refractivity contribution in [1.82, 2.24) is 14.1 Å². The number of nitrogens with zero attached hydrogens (tertiary/aromatic N) is 4. The van der Waals surface area contributed by atoms with Gasteiger partial charge in [-0.05, 0) is 55.7 Å². The van der Waals surface area contributed by atoms with Gasteiger partial charge in [0.25, 0.3) is 0 Å². The molecule has 0 amide bonds. The Balaban J connectivity index is 1.31. The van der Waals surface area contributed by atoms with Crippen molar-refractivity contribution in [3.05, 3.63) is 81.2 Å². The molecule has 0 atom stereocenters. The Bertz CT molecular complexity index is 1580. The monoisotopic (exact) mass is 600 g/mol. The van der Waals surface area contributed by atoms with Gasteiger partial charge in [0.2, 0.25) is 15.8 Å². The first kappa shape index (κ1) is 29.1. The van der Waals surface area contributed by atoms with E-state index in [2.05, 4.69) is 12.0 Å². The smallest absolute Gasteiger partial charge is 0.338 e. The van der Waals surface area contributed by atoms with Gasteiger partial charge in [-0.3, -0.25) is 4.79 Å². The first-order chi connectivity index (χ1) is 19.6. The summed E-state index contributed by atoms with van der Waals surface area (Å²) in [4.78, 5) is 27.4. The first-order valence-electron chi connectivity index (χ1n) is 13.6. The molecule has 0 spiro atoms. The van der Waals surface area contributed by atoms with Crippen LogP contribution >= 0.6 is 11.6 Å². The lowest BCUT2D eigenvalue weighted by Crippen LogP contribution is -2.49. The number of benzene rings is 2. The molecule has 0 bridgehead atoms. The van der Waals surface area contributed by atoms with E-state index in [1.165, 1.54) is 8.99 Å². The number of carbonyl (C=O) groups is 1. The molecular weight excluding hydrogens is 568 g/mol. The minimum Gasteiger partial charge on any atom is -0.486 e. The summed E-state index contributed by atoms with van der Waals surface area (Å²) in [6.45, 7) is 5.77. The number of ether oxygens (including phenoxy) is 2. The van der Waals surface area contributed by atoms with E-state index < -0.39 is 21.6 Å². The second kappa shape index (κ2) is 11.8. The average molecular weight is 601 g/mol. The summed E-state index contributed by atoms with van der Waals surface area (Å²) in [7, 11) is -3.61. The van der Waals surface area contributed by atoms with Crippen LogP contribution in [0.2, 0.25) is 5.02 Å². The Morgan fingerprint density at radius 1 is 1.07 bits per heavy atom. The highest BCUT2D eigenvalue weighted by Gasteiger charge is 2.39. The van der Waals surface area contributed by atoms with Crippen molar-refractivity contribution in [1.29, 1.82) is 0 Å². The van der Waals surface area contributed by atoms with E-state index in [-0.39, 0.29) is 36.6 Å². The Morgan fingerprint density at radius 2 is 1.78 bits per heavy atom. The van der Waals surface area contributed by atoms with Crippen LogP contribution in [-0.4, -0.2) is 67.9 Å². The van der Waals surface area contributed by atoms with Crippen LogP contribution in [-0.2, 0) is 20.5 Å². The molecule has 12 heteroatoms. The second-order valence-electron chi connectivity index (χ2n) is 10.7. The summed E-state index contributed by atoms with van der Waals surface area (Å²) in [6.07, 6.45) is 3.68. The number of aromatic nitrogens is 2. The van der Waals surface area contributed by atoms with Gasteiger partial charge < -0.3 is 14.4 Å². The Labute approximate surface area is 244 Å². The first-order valence-corrected chi connectivity index (χ1v) is 15.6. The van der Waals surface area contributed by atoms with Crippen molar-refractivity contribution < 1.29 is 22.7 Å². The number of carbonyl (C=O) groups excluding carboxylic acids is 1. The maximum Gasteiger partial charge on any atom is 0.338 e. The molecule has 2 heterocycles. The number of anilines is 1. The molecule has 41 heavy (non-hydrogen) atoms. The number of rotatable bonds is 10. The van der Waals surface area contributed by atoms with Gasteiger partial charge in [-0.15, -0.1) is 0 Å². The molecule has 0 unspecified atom stereocenters. The summed E-state index contributed by atoms with van der Waals surface area (Å²) < 4.78 is 40.3. The quantitative estimate of drug-likeness (QED) is 0.322. The SMILES string of the molecule is CCOC(=O)c1ccc(CS(=O)(=O)N2CCN(c3cnn(-c4cccc(Cl)c4)c(=O)c3OCC3(C)CC3)CC2)cc1. The van der Waals surface area contributed by atoms with E-state index in [9.17, 15) is 18.0 Å². The molecule has 2 fully saturated rings. The lowest BCUT2D eigenvalue weighted by molar-refractivity contribution is 0.0526. The van der Waals surface area contributed by atoms with Crippen LogP contribution < -0.4 is 15.2 Å². The van der Waals surface area contributed by atoms with Crippen LogP contribution in [0.25, 0.3) is 5.69 Å². The molecule has 218 valence electrons. The van der Waals surface area contributed by atoms with Crippen molar-refractivity contribution in [2.75, 3.05) is 44.3 Å². The van der Waals surface area contributed by atoms with E-state index in [0.29, 0.717) is 47.2 Å². The molecule has 3 aromatic rings. The predicted octanol–water partition coefficient (Wildman–Crippen LogP) is 3.89. The highest BCUT2D eigenvalue weighted by Crippen LogP contribution is 2.45. The summed E-state index contributed by atoms with van der Waals surface area (Å²) >= 11 is 6.15. The van der Waals surface area contributed by atoms with E-state index in [1.54, 1.807) is 61.7 Å². The highest BCUT2D eigenvalue weighted by molar-refractivity contribution is 7.88. The van der Waals surface area contributed by atoms with E-state index in [1.807, 2.05) is 4.90 Å². The Morgan fingerprint density at radius 3 is 2.41 bits per heavy atom. The predicted molar refractivity (Wildman–Crippen MR) is 156 cm³/mol. The molecule has 10 nitrogen and oxygen atoms in total. The lowest BCUT2D eigenvalue weighted by Gasteiger charge is -2.35. The van der Waals surface area contributed by atoms with Crippen LogP contribution in [0.15, 0.2) is 59.5 Å². The fraction of sp³-hybridized carbons (Fsp3) is 0.414. The molecule has 1 aliphatic heterocycles. The van der Waals surface area contributed by atoms with Crippen LogP contribution in [0.3, 0.4) is 0 Å².